The van der Waals surface area contributed by atoms with E-state index in [4.69, 9.17) is 31.1 Å². The first-order valence-electron chi connectivity index (χ1n) is 8.96. The largest absolute Gasteiger partial charge is 0.504 e. The molecule has 0 radical (unpaired) electrons. The van der Waals surface area contributed by atoms with E-state index in [2.05, 4.69) is 0 Å². The highest BCUT2D eigenvalue weighted by Gasteiger charge is 2.31. The summed E-state index contributed by atoms with van der Waals surface area (Å²) in [6, 6.07) is 6.15. The molecule has 0 saturated carbocycles. The van der Waals surface area contributed by atoms with E-state index in [9.17, 15) is 15.0 Å². The zero-order valence-electron chi connectivity index (χ0n) is 16.2. The Kier molecular flexibility index (Phi) is 5.87. The number of aliphatic hydroxyl groups is 1. The number of carbonyl (C=O) groups is 1. The van der Waals surface area contributed by atoms with Gasteiger partial charge in [-0.05, 0) is 24.5 Å². The number of aliphatic hydroxyl groups excluding tert-OH is 1. The number of cyclic esters (lactones) is 1. The molecule has 1 aliphatic heterocycles. The van der Waals surface area contributed by atoms with E-state index >= 15 is 0 Å². The van der Waals surface area contributed by atoms with Crippen LogP contribution in [0, 0.1) is 17.2 Å². The fourth-order valence-electron chi connectivity index (χ4n) is 3.24. The van der Waals surface area contributed by atoms with Gasteiger partial charge in [0.1, 0.15) is 29.7 Å². The number of benzene rings is 2. The number of nitriles is 1. The maximum absolute atomic E-state index is 12.8. The van der Waals surface area contributed by atoms with Crippen molar-refractivity contribution >= 4 is 17.6 Å². The van der Waals surface area contributed by atoms with Crippen LogP contribution in [0.25, 0.3) is 0 Å². The summed E-state index contributed by atoms with van der Waals surface area (Å²) in [4.78, 5) is 12.8. The van der Waals surface area contributed by atoms with Gasteiger partial charge in [0, 0.05) is 11.6 Å². The first-order chi connectivity index (χ1) is 13.8. The number of aromatic hydroxyl groups is 1. The number of esters is 1. The molecule has 1 atom stereocenters. The first kappa shape index (κ1) is 20.8. The van der Waals surface area contributed by atoms with Gasteiger partial charge in [0.2, 0.25) is 0 Å². The molecular weight excluding hydrogens is 398 g/mol. The molecule has 0 fully saturated rings. The first-order valence-corrected chi connectivity index (χ1v) is 9.34. The second-order valence-electron chi connectivity index (χ2n) is 7.06. The van der Waals surface area contributed by atoms with Crippen LogP contribution in [-0.2, 0) is 11.3 Å². The highest BCUT2D eigenvalue weighted by Crippen LogP contribution is 2.46. The van der Waals surface area contributed by atoms with Gasteiger partial charge in [-0.1, -0.05) is 25.4 Å². The predicted octanol–water partition coefficient (Wildman–Crippen LogP) is 4.47. The van der Waals surface area contributed by atoms with Crippen LogP contribution in [0.15, 0.2) is 18.2 Å². The minimum Gasteiger partial charge on any atom is -0.504 e. The van der Waals surface area contributed by atoms with Crippen molar-refractivity contribution in [1.29, 1.82) is 5.26 Å². The molecule has 0 spiro atoms. The minimum atomic E-state index is -0.846. The lowest BCUT2D eigenvalue weighted by Gasteiger charge is -2.24. The SMILES string of the molecule is COc1c(C(O)CC(C)C)ccc2c1C(=O)OCc1c(Cl)c(C#N)cc(O)c1O2. The van der Waals surface area contributed by atoms with Gasteiger partial charge in [0.05, 0.1) is 29.4 Å². The summed E-state index contributed by atoms with van der Waals surface area (Å²) in [5.74, 6) is -0.625. The van der Waals surface area contributed by atoms with Crippen LogP contribution in [0.2, 0.25) is 5.02 Å². The monoisotopic (exact) mass is 417 g/mol. The van der Waals surface area contributed by atoms with Crippen molar-refractivity contribution < 1.29 is 29.2 Å². The summed E-state index contributed by atoms with van der Waals surface area (Å²) in [5.41, 5.74) is 0.653. The molecular formula is C21H20ClNO6. The number of methoxy groups -OCH3 is 1. The second-order valence-corrected chi connectivity index (χ2v) is 7.44. The standard InChI is InChI=1S/C21H20ClNO6/c1-10(2)6-14(24)12-4-5-16-17(20(12)27-3)21(26)28-9-13-18(22)11(8-23)7-15(25)19(13)29-16/h4-5,7,10,14,24-25H,6,9H2,1-3H3. The predicted molar refractivity (Wildman–Crippen MR) is 104 cm³/mol. The average Bonchev–Trinajstić information content (AvgIpc) is 2.67. The highest BCUT2D eigenvalue weighted by molar-refractivity contribution is 6.32. The topological polar surface area (TPSA) is 109 Å². The normalized spacial score (nSPS) is 13.9. The third kappa shape index (κ3) is 3.82. The van der Waals surface area contributed by atoms with E-state index < -0.39 is 12.1 Å². The van der Waals surface area contributed by atoms with Crippen molar-refractivity contribution in [2.24, 2.45) is 5.92 Å². The van der Waals surface area contributed by atoms with Crippen LogP contribution in [0.3, 0.4) is 0 Å². The van der Waals surface area contributed by atoms with E-state index in [1.165, 1.54) is 19.2 Å². The molecule has 2 N–H and O–H groups in total. The van der Waals surface area contributed by atoms with E-state index in [-0.39, 0.29) is 57.2 Å². The van der Waals surface area contributed by atoms with Crippen LogP contribution < -0.4 is 9.47 Å². The van der Waals surface area contributed by atoms with E-state index in [0.717, 1.165) is 0 Å². The van der Waals surface area contributed by atoms with Crippen molar-refractivity contribution in [2.45, 2.75) is 33.0 Å². The van der Waals surface area contributed by atoms with Gasteiger partial charge in [0.15, 0.2) is 11.5 Å². The lowest BCUT2D eigenvalue weighted by Crippen LogP contribution is -2.15. The Bertz CT molecular complexity index is 1010. The molecule has 0 amide bonds. The Morgan fingerprint density at radius 3 is 2.72 bits per heavy atom. The Balaban J connectivity index is 2.17. The third-order valence-corrected chi connectivity index (χ3v) is 5.01. The van der Waals surface area contributed by atoms with Crippen LogP contribution in [0.4, 0.5) is 0 Å². The number of phenols is 1. The fourth-order valence-corrected chi connectivity index (χ4v) is 3.48. The molecule has 1 aliphatic rings. The maximum atomic E-state index is 12.8. The summed E-state index contributed by atoms with van der Waals surface area (Å²) in [5, 5.41) is 30.1. The number of ether oxygens (including phenoxy) is 3. The molecule has 2 aromatic carbocycles. The third-order valence-electron chi connectivity index (χ3n) is 4.58. The number of phenolic OH excluding ortho intramolecular Hbond substituents is 1. The Labute approximate surface area is 173 Å². The van der Waals surface area contributed by atoms with Gasteiger partial charge in [-0.3, -0.25) is 0 Å². The van der Waals surface area contributed by atoms with Crippen LogP contribution in [0.5, 0.6) is 23.0 Å². The van der Waals surface area contributed by atoms with Gasteiger partial charge in [-0.25, -0.2) is 4.79 Å². The molecule has 8 heteroatoms. The molecule has 0 saturated heterocycles. The second kappa shape index (κ2) is 8.19. The Morgan fingerprint density at radius 1 is 1.38 bits per heavy atom. The number of hydrogen-bond donors (Lipinski definition) is 2. The number of rotatable bonds is 4. The smallest absolute Gasteiger partial charge is 0.346 e. The summed E-state index contributed by atoms with van der Waals surface area (Å²) in [6.45, 7) is 3.64. The van der Waals surface area contributed by atoms with Gasteiger partial charge < -0.3 is 24.4 Å². The van der Waals surface area contributed by atoms with Crippen molar-refractivity contribution in [1.82, 2.24) is 0 Å². The lowest BCUT2D eigenvalue weighted by atomic mass is 9.96. The Hall–Kier alpha value is -2.95. The van der Waals surface area contributed by atoms with Gasteiger partial charge in [0.25, 0.3) is 0 Å². The van der Waals surface area contributed by atoms with Gasteiger partial charge in [-0.2, -0.15) is 5.26 Å². The summed E-state index contributed by atoms with van der Waals surface area (Å²) in [7, 11) is 1.38. The van der Waals surface area contributed by atoms with Crippen molar-refractivity contribution in [3.05, 3.63) is 45.5 Å². The summed E-state index contributed by atoms with van der Waals surface area (Å²) < 4.78 is 16.6. The molecule has 0 aliphatic carbocycles. The Morgan fingerprint density at radius 2 is 2.10 bits per heavy atom. The molecule has 7 nitrogen and oxygen atoms in total. The quantitative estimate of drug-likeness (QED) is 0.706. The zero-order chi connectivity index (χ0) is 21.3. The molecule has 1 heterocycles. The molecule has 0 aromatic heterocycles. The van der Waals surface area contributed by atoms with Crippen molar-refractivity contribution in [3.63, 3.8) is 0 Å². The molecule has 152 valence electrons. The minimum absolute atomic E-state index is 0.00154. The fraction of sp³-hybridized carbons (Fsp3) is 0.333. The van der Waals surface area contributed by atoms with Crippen LogP contribution >= 0.6 is 11.6 Å². The summed E-state index contributed by atoms with van der Waals surface area (Å²) >= 11 is 6.21. The van der Waals surface area contributed by atoms with E-state index in [1.807, 2.05) is 19.9 Å². The average molecular weight is 418 g/mol. The van der Waals surface area contributed by atoms with Gasteiger partial charge in [-0.15, -0.1) is 0 Å². The maximum Gasteiger partial charge on any atom is 0.346 e. The summed E-state index contributed by atoms with van der Waals surface area (Å²) in [6.07, 6.45) is -0.372. The number of halogens is 1. The molecule has 0 bridgehead atoms. The van der Waals surface area contributed by atoms with E-state index in [1.54, 1.807) is 6.07 Å². The molecule has 1 unspecified atom stereocenters. The van der Waals surface area contributed by atoms with E-state index in [0.29, 0.717) is 12.0 Å². The number of hydrogen-bond acceptors (Lipinski definition) is 7. The lowest BCUT2D eigenvalue weighted by molar-refractivity contribution is 0.0454. The number of nitrogens with zero attached hydrogens (tertiary/aromatic N) is 1. The number of fused-ring (bicyclic) bond motifs is 2. The molecule has 29 heavy (non-hydrogen) atoms. The zero-order valence-corrected chi connectivity index (χ0v) is 16.9. The molecule has 3 rings (SSSR count). The van der Waals surface area contributed by atoms with Crippen molar-refractivity contribution in [3.8, 4) is 29.1 Å². The van der Waals surface area contributed by atoms with Crippen molar-refractivity contribution in [2.75, 3.05) is 7.11 Å². The van der Waals surface area contributed by atoms with Gasteiger partial charge >= 0.3 is 5.97 Å². The van der Waals surface area contributed by atoms with Crippen LogP contribution in [0.1, 0.15) is 53.4 Å². The van der Waals surface area contributed by atoms with Crippen LogP contribution in [-0.4, -0.2) is 23.3 Å². The molecule has 2 aromatic rings. The number of carbonyl (C=O) groups excluding carboxylic acids is 1. The highest BCUT2D eigenvalue weighted by atomic mass is 35.5.